The van der Waals surface area contributed by atoms with E-state index in [4.69, 9.17) is 0 Å². The van der Waals surface area contributed by atoms with E-state index in [9.17, 15) is 9.59 Å². The lowest BCUT2D eigenvalue weighted by molar-refractivity contribution is -0.123. The van der Waals surface area contributed by atoms with E-state index in [1.807, 2.05) is 48.9 Å². The number of urea groups is 1. The molecule has 146 valence electrons. The molecule has 3 amide bonds. The first-order valence-corrected chi connectivity index (χ1v) is 10.8. The van der Waals surface area contributed by atoms with Crippen LogP contribution in [0, 0.1) is 0 Å². The Morgan fingerprint density at radius 2 is 2.04 bits per heavy atom. The van der Waals surface area contributed by atoms with Gasteiger partial charge < -0.3 is 15.2 Å². The third-order valence-electron chi connectivity index (χ3n) is 4.89. The smallest absolute Gasteiger partial charge is 0.324 e. The second kappa shape index (κ2) is 8.65. The van der Waals surface area contributed by atoms with Gasteiger partial charge in [0.25, 0.3) is 0 Å². The molecule has 0 fully saturated rings. The Hall–Kier alpha value is -2.22. The van der Waals surface area contributed by atoms with E-state index in [1.54, 1.807) is 16.7 Å². The van der Waals surface area contributed by atoms with E-state index in [0.717, 1.165) is 23.2 Å². The molecule has 0 bridgehead atoms. The SMILES string of the molecule is CCC(C)NC(=O)[C@H](CCSC)NC(=O)N1CCn2c1nc1ccccc12. The number of fused-ring (bicyclic) bond motifs is 3. The van der Waals surface area contributed by atoms with Crippen LogP contribution < -0.4 is 15.5 Å². The van der Waals surface area contributed by atoms with Crippen LogP contribution in [0.25, 0.3) is 11.0 Å². The van der Waals surface area contributed by atoms with Gasteiger partial charge in [0.15, 0.2) is 0 Å². The Labute approximate surface area is 163 Å². The maximum atomic E-state index is 12.9. The number of anilines is 1. The van der Waals surface area contributed by atoms with E-state index in [0.29, 0.717) is 25.5 Å². The zero-order valence-corrected chi connectivity index (χ0v) is 16.9. The molecule has 2 heterocycles. The van der Waals surface area contributed by atoms with Crippen molar-refractivity contribution in [1.82, 2.24) is 20.2 Å². The minimum absolute atomic E-state index is 0.0853. The number of thioether (sulfide) groups is 1. The van der Waals surface area contributed by atoms with Gasteiger partial charge in [-0.15, -0.1) is 0 Å². The Kier molecular flexibility index (Phi) is 6.26. The summed E-state index contributed by atoms with van der Waals surface area (Å²) < 4.78 is 2.05. The lowest BCUT2D eigenvalue weighted by atomic mass is 10.2. The highest BCUT2D eigenvalue weighted by atomic mass is 32.2. The molecule has 0 saturated heterocycles. The molecule has 1 unspecified atom stereocenters. The molecule has 27 heavy (non-hydrogen) atoms. The lowest BCUT2D eigenvalue weighted by Gasteiger charge is -2.23. The van der Waals surface area contributed by atoms with Crippen molar-refractivity contribution >= 4 is 40.7 Å². The van der Waals surface area contributed by atoms with Crippen molar-refractivity contribution in [2.45, 2.75) is 45.3 Å². The summed E-state index contributed by atoms with van der Waals surface area (Å²) in [5.41, 5.74) is 1.90. The summed E-state index contributed by atoms with van der Waals surface area (Å²) in [7, 11) is 0. The molecule has 1 aliphatic rings. The average molecular weight is 390 g/mol. The minimum atomic E-state index is -0.544. The molecule has 2 aromatic rings. The number of hydrogen-bond acceptors (Lipinski definition) is 4. The van der Waals surface area contributed by atoms with Crippen LogP contribution in [0.2, 0.25) is 0 Å². The standard InChI is InChI=1S/C19H27N5O2S/c1-4-13(2)20-17(25)15(9-12-27-3)22-19(26)24-11-10-23-16-8-6-5-7-14(16)21-18(23)24/h5-8,13,15H,4,9-12H2,1-3H3,(H,20,25)(H,22,26)/t13?,15-/m0/s1. The van der Waals surface area contributed by atoms with Crippen LogP contribution in [0.15, 0.2) is 24.3 Å². The first kappa shape index (κ1) is 19.5. The molecule has 3 rings (SSSR count). The summed E-state index contributed by atoms with van der Waals surface area (Å²) in [6.45, 7) is 5.25. The number of para-hydroxylation sites is 2. The third-order valence-corrected chi connectivity index (χ3v) is 5.54. The number of amides is 3. The highest BCUT2D eigenvalue weighted by Crippen LogP contribution is 2.27. The number of benzene rings is 1. The van der Waals surface area contributed by atoms with Crippen molar-refractivity contribution < 1.29 is 9.59 Å². The molecule has 2 atom stereocenters. The fourth-order valence-corrected chi connectivity index (χ4v) is 3.63. The number of rotatable bonds is 7. The zero-order chi connectivity index (χ0) is 19.4. The fraction of sp³-hybridized carbons (Fsp3) is 0.526. The van der Waals surface area contributed by atoms with Gasteiger partial charge in [0, 0.05) is 19.1 Å². The van der Waals surface area contributed by atoms with Gasteiger partial charge in [-0.25, -0.2) is 9.78 Å². The van der Waals surface area contributed by atoms with Gasteiger partial charge in [0.1, 0.15) is 6.04 Å². The van der Waals surface area contributed by atoms with Gasteiger partial charge in [-0.05, 0) is 43.9 Å². The van der Waals surface area contributed by atoms with Gasteiger partial charge >= 0.3 is 6.03 Å². The van der Waals surface area contributed by atoms with Gasteiger partial charge in [-0.2, -0.15) is 11.8 Å². The predicted octanol–water partition coefficient (Wildman–Crippen LogP) is 2.60. The summed E-state index contributed by atoms with van der Waals surface area (Å²) in [5.74, 6) is 1.32. The van der Waals surface area contributed by atoms with Crippen molar-refractivity contribution in [1.29, 1.82) is 0 Å². The van der Waals surface area contributed by atoms with Crippen LogP contribution in [0.4, 0.5) is 10.7 Å². The van der Waals surface area contributed by atoms with Gasteiger partial charge in [0.05, 0.1) is 11.0 Å². The van der Waals surface area contributed by atoms with E-state index < -0.39 is 6.04 Å². The summed E-state index contributed by atoms with van der Waals surface area (Å²) in [5, 5.41) is 5.89. The number of hydrogen-bond donors (Lipinski definition) is 2. The monoisotopic (exact) mass is 389 g/mol. The zero-order valence-electron chi connectivity index (χ0n) is 16.1. The normalized spacial score (nSPS) is 15.4. The molecule has 8 heteroatoms. The number of carbonyl (C=O) groups is 2. The maximum Gasteiger partial charge on any atom is 0.324 e. The van der Waals surface area contributed by atoms with Crippen LogP contribution >= 0.6 is 11.8 Å². The van der Waals surface area contributed by atoms with Gasteiger partial charge in [-0.1, -0.05) is 19.1 Å². The maximum absolute atomic E-state index is 12.9. The first-order valence-electron chi connectivity index (χ1n) is 9.37. The largest absolute Gasteiger partial charge is 0.352 e. The van der Waals surface area contributed by atoms with E-state index in [1.165, 1.54) is 0 Å². The lowest BCUT2D eigenvalue weighted by Crippen LogP contribution is -2.52. The van der Waals surface area contributed by atoms with Crippen molar-refractivity contribution in [3.63, 3.8) is 0 Å². The number of aromatic nitrogens is 2. The van der Waals surface area contributed by atoms with Crippen LogP contribution in [-0.4, -0.2) is 52.1 Å². The average Bonchev–Trinajstić information content (AvgIpc) is 3.23. The topological polar surface area (TPSA) is 79.3 Å². The number of nitrogens with zero attached hydrogens (tertiary/aromatic N) is 3. The summed E-state index contributed by atoms with van der Waals surface area (Å²) in [6, 6.07) is 7.13. The van der Waals surface area contributed by atoms with Crippen molar-refractivity contribution in [2.24, 2.45) is 0 Å². The van der Waals surface area contributed by atoms with Gasteiger partial charge in [-0.3, -0.25) is 9.69 Å². The fourth-order valence-electron chi connectivity index (χ4n) is 3.16. The summed E-state index contributed by atoms with van der Waals surface area (Å²) in [6.07, 6.45) is 3.44. The van der Waals surface area contributed by atoms with E-state index in [2.05, 4.69) is 15.6 Å². The van der Waals surface area contributed by atoms with Gasteiger partial charge in [0.2, 0.25) is 11.9 Å². The molecule has 1 aromatic carbocycles. The number of carbonyl (C=O) groups excluding carboxylic acids is 2. The first-order chi connectivity index (χ1) is 13.0. The van der Waals surface area contributed by atoms with Crippen LogP contribution in [0.1, 0.15) is 26.7 Å². The number of imidazole rings is 1. The highest BCUT2D eigenvalue weighted by molar-refractivity contribution is 7.98. The Balaban J connectivity index is 1.74. The van der Waals surface area contributed by atoms with Crippen molar-refractivity contribution in [3.8, 4) is 0 Å². The Morgan fingerprint density at radius 1 is 1.26 bits per heavy atom. The third kappa shape index (κ3) is 4.21. The molecule has 2 N–H and O–H groups in total. The van der Waals surface area contributed by atoms with Crippen LogP contribution in [-0.2, 0) is 11.3 Å². The van der Waals surface area contributed by atoms with E-state index in [-0.39, 0.29) is 18.0 Å². The van der Waals surface area contributed by atoms with Crippen molar-refractivity contribution in [2.75, 3.05) is 23.5 Å². The minimum Gasteiger partial charge on any atom is -0.352 e. The summed E-state index contributed by atoms with van der Waals surface area (Å²) in [4.78, 5) is 31.7. The molecule has 0 saturated carbocycles. The van der Waals surface area contributed by atoms with Crippen LogP contribution in [0.3, 0.4) is 0 Å². The Morgan fingerprint density at radius 3 is 2.78 bits per heavy atom. The predicted molar refractivity (Wildman–Crippen MR) is 110 cm³/mol. The second-order valence-electron chi connectivity index (χ2n) is 6.81. The molecular formula is C19H27N5O2S. The summed E-state index contributed by atoms with van der Waals surface area (Å²) >= 11 is 1.66. The molecule has 0 aliphatic carbocycles. The van der Waals surface area contributed by atoms with Crippen LogP contribution in [0.5, 0.6) is 0 Å². The quantitative estimate of drug-likeness (QED) is 0.763. The number of nitrogens with one attached hydrogen (secondary N) is 2. The second-order valence-corrected chi connectivity index (χ2v) is 7.79. The molecular weight excluding hydrogens is 362 g/mol. The molecule has 0 spiro atoms. The molecule has 0 radical (unpaired) electrons. The molecule has 1 aliphatic heterocycles. The highest BCUT2D eigenvalue weighted by Gasteiger charge is 2.31. The van der Waals surface area contributed by atoms with Crippen molar-refractivity contribution in [3.05, 3.63) is 24.3 Å². The molecule has 1 aromatic heterocycles. The molecule has 7 nitrogen and oxygen atoms in total. The Bertz CT molecular complexity index is 822. The van der Waals surface area contributed by atoms with E-state index >= 15 is 0 Å².